The molecule has 2 heterocycles. The summed E-state index contributed by atoms with van der Waals surface area (Å²) in [5, 5.41) is 10.9. The van der Waals surface area contributed by atoms with Crippen LogP contribution in [0.5, 0.6) is 0 Å². The maximum atomic E-state index is 13.8. The molecule has 0 amide bonds. The first-order chi connectivity index (χ1) is 19.8. The van der Waals surface area contributed by atoms with E-state index in [4.69, 9.17) is 9.90 Å². The minimum atomic E-state index is -5.08. The molecule has 2 aromatic heterocycles. The lowest BCUT2D eigenvalue weighted by Crippen LogP contribution is -2.31. The number of aromatic amines is 1. The predicted octanol–water partition coefficient (Wildman–Crippen LogP) is 5.88. The van der Waals surface area contributed by atoms with Gasteiger partial charge in [-0.05, 0) is 43.9 Å². The molecule has 0 aliphatic rings. The number of thiazole rings is 1. The third-order valence-corrected chi connectivity index (χ3v) is 6.57. The zero-order valence-corrected chi connectivity index (χ0v) is 22.7. The zero-order chi connectivity index (χ0) is 32.3. The number of halogens is 9. The number of H-pyrrole nitrogens is 1. The first-order valence-corrected chi connectivity index (χ1v) is 12.5. The van der Waals surface area contributed by atoms with E-state index in [2.05, 4.69) is 19.6 Å². The highest BCUT2D eigenvalue weighted by Crippen LogP contribution is 2.38. The Morgan fingerprint density at radius 3 is 2.14 bits per heavy atom. The summed E-state index contributed by atoms with van der Waals surface area (Å²) in [6.45, 7) is 0.894. The van der Waals surface area contributed by atoms with Crippen molar-refractivity contribution in [1.82, 2.24) is 20.0 Å². The summed E-state index contributed by atoms with van der Waals surface area (Å²) in [6, 6.07) is 6.81. The fourth-order valence-corrected chi connectivity index (χ4v) is 4.51. The van der Waals surface area contributed by atoms with Crippen LogP contribution in [0.3, 0.4) is 0 Å². The van der Waals surface area contributed by atoms with E-state index in [-0.39, 0.29) is 23.5 Å². The van der Waals surface area contributed by atoms with E-state index in [9.17, 15) is 44.3 Å². The van der Waals surface area contributed by atoms with Crippen LogP contribution in [-0.4, -0.2) is 64.5 Å². The molecule has 0 saturated heterocycles. The van der Waals surface area contributed by atoms with Crippen molar-refractivity contribution in [2.45, 2.75) is 25.1 Å². The van der Waals surface area contributed by atoms with Crippen LogP contribution in [0.15, 0.2) is 45.7 Å². The topological polar surface area (TPSA) is 116 Å². The molecule has 4 rings (SSSR count). The van der Waals surface area contributed by atoms with Gasteiger partial charge in [0.15, 0.2) is 11.0 Å². The van der Waals surface area contributed by atoms with Crippen LogP contribution < -0.4 is 10.7 Å². The number of nitrogens with one attached hydrogen (secondary N) is 1. The average Bonchev–Trinajstić information content (AvgIpc) is 3.50. The average molecular weight is 646 g/mol. The van der Waals surface area contributed by atoms with Crippen molar-refractivity contribution in [1.29, 1.82) is 0 Å². The van der Waals surface area contributed by atoms with Crippen LogP contribution in [-0.2, 0) is 23.7 Å². The molecule has 9 nitrogen and oxygen atoms in total. The molecule has 0 saturated carbocycles. The molecule has 43 heavy (non-hydrogen) atoms. The third kappa shape index (κ3) is 8.93. The van der Waals surface area contributed by atoms with Gasteiger partial charge in [0, 0.05) is 25.2 Å². The second-order valence-electron chi connectivity index (χ2n) is 9.03. The maximum absolute atomic E-state index is 13.8. The Morgan fingerprint density at radius 1 is 0.977 bits per heavy atom. The monoisotopic (exact) mass is 645 g/mol. The number of aliphatic carboxylic acids is 1. The predicted molar refractivity (Wildman–Crippen MR) is 135 cm³/mol. The number of rotatable bonds is 7. The van der Waals surface area contributed by atoms with Crippen molar-refractivity contribution in [3.8, 4) is 11.4 Å². The largest absolute Gasteiger partial charge is 0.490 e. The second kappa shape index (κ2) is 12.6. The van der Waals surface area contributed by atoms with Crippen LogP contribution in [0.2, 0.25) is 0 Å². The maximum Gasteiger partial charge on any atom is 0.490 e. The van der Waals surface area contributed by atoms with Gasteiger partial charge in [0.1, 0.15) is 0 Å². The van der Waals surface area contributed by atoms with Crippen molar-refractivity contribution in [3.63, 3.8) is 0 Å². The number of aromatic nitrogens is 3. The van der Waals surface area contributed by atoms with E-state index in [1.807, 2.05) is 19.0 Å². The van der Waals surface area contributed by atoms with Crippen molar-refractivity contribution >= 4 is 32.7 Å². The third-order valence-electron chi connectivity index (χ3n) is 5.49. The lowest BCUT2D eigenvalue weighted by Gasteiger charge is -2.24. The van der Waals surface area contributed by atoms with Gasteiger partial charge in [-0.2, -0.15) is 39.5 Å². The molecule has 4 aromatic rings. The second-order valence-corrected chi connectivity index (χ2v) is 10.0. The van der Waals surface area contributed by atoms with Crippen molar-refractivity contribution in [2.75, 3.05) is 32.1 Å². The van der Waals surface area contributed by atoms with Crippen molar-refractivity contribution < 1.29 is 53.9 Å². The van der Waals surface area contributed by atoms with E-state index >= 15 is 0 Å². The summed E-state index contributed by atoms with van der Waals surface area (Å²) in [4.78, 5) is 30.2. The Kier molecular flexibility index (Phi) is 9.79. The molecular weight excluding hydrogens is 625 g/mol. The Labute approximate surface area is 239 Å². The van der Waals surface area contributed by atoms with E-state index in [1.165, 1.54) is 18.2 Å². The van der Waals surface area contributed by atoms with Crippen molar-refractivity contribution in [2.24, 2.45) is 0 Å². The van der Waals surface area contributed by atoms with Crippen LogP contribution in [0.25, 0.3) is 21.6 Å². The molecule has 0 unspecified atom stereocenters. The molecule has 0 fully saturated rings. The Bertz CT molecular complexity index is 1620. The normalized spacial score (nSPS) is 12.4. The number of carboxylic acids is 1. The number of carboxylic acid groups (broad SMARTS) is 1. The molecule has 0 aliphatic heterocycles. The minimum absolute atomic E-state index is 0.0124. The number of fused-ring (bicyclic) bond motifs is 1. The Morgan fingerprint density at radius 2 is 1.63 bits per heavy atom. The fraction of sp³-hybridized carbons (Fsp3) is 0.333. The molecule has 0 radical (unpaired) electrons. The van der Waals surface area contributed by atoms with Gasteiger partial charge in [0.2, 0.25) is 0 Å². The number of alkyl halides is 9. The molecule has 19 heteroatoms. The highest BCUT2D eigenvalue weighted by atomic mass is 32.1. The molecule has 0 spiro atoms. The first kappa shape index (κ1) is 33.4. The molecule has 0 bridgehead atoms. The SMILES string of the molecule is CN(C)CCN(Cc1ccc(-c2noc(=O)[nH]2)c(C(F)(F)F)c1)c1nc2ccc(C(F)(F)F)cc2s1.O=C(O)C(F)(F)F. The quantitative estimate of drug-likeness (QED) is 0.240. The summed E-state index contributed by atoms with van der Waals surface area (Å²) in [7, 11) is 3.64. The molecule has 2 N–H and O–H groups in total. The number of hydrogen-bond acceptors (Lipinski definition) is 8. The van der Waals surface area contributed by atoms with Gasteiger partial charge in [-0.3, -0.25) is 9.51 Å². The fourth-order valence-electron chi connectivity index (χ4n) is 3.48. The summed E-state index contributed by atoms with van der Waals surface area (Å²) in [6.07, 6.45) is -14.3. The van der Waals surface area contributed by atoms with Crippen LogP contribution in [0.4, 0.5) is 44.6 Å². The highest BCUT2D eigenvalue weighted by Gasteiger charge is 2.38. The lowest BCUT2D eigenvalue weighted by molar-refractivity contribution is -0.192. The summed E-state index contributed by atoms with van der Waals surface area (Å²) in [5.41, 5.74) is -1.53. The molecule has 234 valence electrons. The van der Waals surface area contributed by atoms with Gasteiger partial charge < -0.3 is 14.9 Å². The summed E-state index contributed by atoms with van der Waals surface area (Å²) < 4.78 is 117. The van der Waals surface area contributed by atoms with Gasteiger partial charge in [0.25, 0.3) is 0 Å². The number of hydrogen-bond donors (Lipinski definition) is 2. The minimum Gasteiger partial charge on any atom is -0.475 e. The molecular formula is C24H20F9N5O4S. The standard InChI is InChI=1S/C22H19F6N5O2S.C2HF3O2/c1-32(2)7-8-33(19-29-16-6-4-13(21(23,24)25)10-17(16)36-19)11-12-3-5-14(15(9-12)22(26,27)28)18-30-20(34)35-31-18;3-2(4,5)1(6)7/h3-6,9-10H,7-8,11H2,1-2H3,(H,30,31,34);(H,6,7). The number of likely N-dealkylation sites (N-methyl/N-ethyl adjacent to an activating group) is 1. The lowest BCUT2D eigenvalue weighted by atomic mass is 10.0. The van der Waals surface area contributed by atoms with Crippen LogP contribution in [0, 0.1) is 0 Å². The van der Waals surface area contributed by atoms with E-state index < -0.39 is 41.4 Å². The Balaban J connectivity index is 0.000000646. The number of nitrogens with zero attached hydrogens (tertiary/aromatic N) is 4. The van der Waals surface area contributed by atoms with Gasteiger partial charge in [-0.15, -0.1) is 0 Å². The van der Waals surface area contributed by atoms with E-state index in [0.29, 0.717) is 28.4 Å². The van der Waals surface area contributed by atoms with E-state index in [0.717, 1.165) is 29.5 Å². The number of anilines is 1. The summed E-state index contributed by atoms with van der Waals surface area (Å²) >= 11 is 1.03. The molecule has 0 aliphatic carbocycles. The molecule has 0 atom stereocenters. The number of carbonyl (C=O) groups is 1. The Hall–Kier alpha value is -4.13. The zero-order valence-electron chi connectivity index (χ0n) is 21.9. The first-order valence-electron chi connectivity index (χ1n) is 11.7. The van der Waals surface area contributed by atoms with Gasteiger partial charge in [0.05, 0.1) is 21.3 Å². The van der Waals surface area contributed by atoms with E-state index in [1.54, 1.807) is 4.90 Å². The molecule has 2 aromatic carbocycles. The summed E-state index contributed by atoms with van der Waals surface area (Å²) in [5.74, 6) is -4.09. The van der Waals surface area contributed by atoms with Crippen molar-refractivity contribution in [3.05, 3.63) is 63.6 Å². The smallest absolute Gasteiger partial charge is 0.475 e. The van der Waals surface area contributed by atoms with Gasteiger partial charge in [-0.25, -0.2) is 14.6 Å². The van der Waals surface area contributed by atoms with Gasteiger partial charge in [-0.1, -0.05) is 28.6 Å². The van der Waals surface area contributed by atoms with Gasteiger partial charge >= 0.3 is 30.3 Å². The number of benzene rings is 2. The highest BCUT2D eigenvalue weighted by molar-refractivity contribution is 7.22. The van der Waals surface area contributed by atoms with Crippen LogP contribution >= 0.6 is 11.3 Å². The van der Waals surface area contributed by atoms with Crippen LogP contribution in [0.1, 0.15) is 16.7 Å².